The second-order valence-corrected chi connectivity index (χ2v) is 17.1. The van der Waals surface area contributed by atoms with Crippen molar-refractivity contribution in [3.05, 3.63) is 94.8 Å². The van der Waals surface area contributed by atoms with Crippen LogP contribution in [0.15, 0.2) is 81.8 Å². The lowest BCUT2D eigenvalue weighted by atomic mass is 10.1. The number of rotatable bonds is 15. The fourth-order valence-corrected chi connectivity index (χ4v) is 9.76. The van der Waals surface area contributed by atoms with E-state index >= 15 is 0 Å². The van der Waals surface area contributed by atoms with Gasteiger partial charge in [-0.3, -0.25) is 14.0 Å². The van der Waals surface area contributed by atoms with Crippen LogP contribution < -0.4 is 14.2 Å². The molecule has 0 aliphatic rings. The molecule has 1 unspecified atom stereocenters. The monoisotopic (exact) mass is 769 g/mol. The molecule has 0 bridgehead atoms. The largest absolute Gasteiger partial charge is 0.497 e. The van der Waals surface area contributed by atoms with Crippen LogP contribution in [0.5, 0.6) is 17.2 Å². The molecule has 0 fully saturated rings. The molecule has 2 aromatic heterocycles. The van der Waals surface area contributed by atoms with Crippen molar-refractivity contribution in [1.82, 2.24) is 13.9 Å². The Labute approximate surface area is 305 Å². The van der Waals surface area contributed by atoms with E-state index in [2.05, 4.69) is 9.97 Å². The summed E-state index contributed by atoms with van der Waals surface area (Å²) in [5, 5.41) is -0.217. The number of carbonyl (C=O) groups excluding carboxylic acids is 1. The molecular weight excluding hydrogens is 731 g/mol. The van der Waals surface area contributed by atoms with Crippen LogP contribution in [0, 0.1) is 20.8 Å². The molecule has 0 N–H and O–H groups in total. The van der Waals surface area contributed by atoms with Crippen LogP contribution in [0.2, 0.25) is 0 Å². The molecule has 52 heavy (non-hydrogen) atoms. The fourth-order valence-electron chi connectivity index (χ4n) is 5.58. The van der Waals surface area contributed by atoms with Gasteiger partial charge in [0.1, 0.15) is 23.9 Å². The van der Waals surface area contributed by atoms with Gasteiger partial charge in [-0.25, -0.2) is 25.8 Å². The zero-order valence-electron chi connectivity index (χ0n) is 29.5. The first kappa shape index (κ1) is 38.4. The number of aryl methyl sites for hydroxylation is 3. The van der Waals surface area contributed by atoms with Crippen molar-refractivity contribution < 1.29 is 44.8 Å². The summed E-state index contributed by atoms with van der Waals surface area (Å²) in [4.78, 5) is 21.6. The molecule has 0 radical (unpaired) electrons. The number of benzene rings is 3. The van der Waals surface area contributed by atoms with Crippen LogP contribution in [-0.4, -0.2) is 74.6 Å². The maximum absolute atomic E-state index is 14.4. The van der Waals surface area contributed by atoms with Crippen LogP contribution in [0.25, 0.3) is 11.0 Å². The summed E-state index contributed by atoms with van der Waals surface area (Å²) in [7, 11) is -5.69. The Morgan fingerprint density at radius 2 is 1.58 bits per heavy atom. The Bertz CT molecular complexity index is 2370. The molecule has 276 valence electrons. The lowest BCUT2D eigenvalue weighted by Gasteiger charge is -2.15. The highest BCUT2D eigenvalue weighted by Crippen LogP contribution is 2.32. The van der Waals surface area contributed by atoms with Gasteiger partial charge in [-0.2, -0.15) is 0 Å². The Kier molecular flexibility index (Phi) is 11.7. The first-order chi connectivity index (χ1) is 24.7. The number of methoxy groups -OCH3 is 3. The molecule has 0 saturated heterocycles. The van der Waals surface area contributed by atoms with Crippen molar-refractivity contribution in [3.63, 3.8) is 0 Å². The fraction of sp³-hybridized carbons (Fsp3) is 0.306. The van der Waals surface area contributed by atoms with Crippen molar-refractivity contribution >= 4 is 47.7 Å². The van der Waals surface area contributed by atoms with E-state index in [-0.39, 0.29) is 56.9 Å². The van der Waals surface area contributed by atoms with Crippen molar-refractivity contribution in [1.29, 1.82) is 0 Å². The third kappa shape index (κ3) is 8.13. The van der Waals surface area contributed by atoms with Gasteiger partial charge in [-0.1, -0.05) is 17.7 Å². The highest BCUT2D eigenvalue weighted by molar-refractivity contribution is 7.91. The van der Waals surface area contributed by atoms with Crippen molar-refractivity contribution in [3.8, 4) is 17.2 Å². The summed E-state index contributed by atoms with van der Waals surface area (Å²) >= 11 is 0. The normalized spacial score (nSPS) is 12.4. The van der Waals surface area contributed by atoms with Crippen LogP contribution in [0.3, 0.4) is 0 Å². The predicted molar refractivity (Wildman–Crippen MR) is 195 cm³/mol. The van der Waals surface area contributed by atoms with Crippen LogP contribution >= 0.6 is 0 Å². The molecular formula is C36H39N3O10S3. The Hall–Kier alpha value is -4.80. The quantitative estimate of drug-likeness (QED) is 0.133. The number of sulfone groups is 1. The van der Waals surface area contributed by atoms with E-state index < -0.39 is 36.6 Å². The van der Waals surface area contributed by atoms with Gasteiger partial charge < -0.3 is 18.9 Å². The third-order valence-corrected chi connectivity index (χ3v) is 13.1. The minimum absolute atomic E-state index is 0.0247. The summed E-state index contributed by atoms with van der Waals surface area (Å²) in [5.41, 5.74) is 3.66. The number of hydrogen-bond donors (Lipinski definition) is 0. The molecule has 0 saturated carbocycles. The average Bonchev–Trinajstić information content (AvgIpc) is 3.52. The third-order valence-electron chi connectivity index (χ3n) is 8.40. The second kappa shape index (κ2) is 15.8. The molecule has 2 heterocycles. The Morgan fingerprint density at radius 3 is 2.25 bits per heavy atom. The number of fused-ring (bicyclic) bond motifs is 1. The summed E-state index contributed by atoms with van der Waals surface area (Å²) in [6, 6.07) is 15.2. The molecule has 0 spiro atoms. The first-order valence-corrected chi connectivity index (χ1v) is 20.4. The zero-order chi connectivity index (χ0) is 37.8. The van der Waals surface area contributed by atoms with Crippen LogP contribution in [0.1, 0.15) is 34.4 Å². The van der Waals surface area contributed by atoms with E-state index in [1.807, 2.05) is 13.8 Å². The van der Waals surface area contributed by atoms with Gasteiger partial charge in [0, 0.05) is 29.8 Å². The molecule has 5 rings (SSSR count). The van der Waals surface area contributed by atoms with Gasteiger partial charge in [-0.05, 0) is 75.2 Å². The molecule has 0 amide bonds. The van der Waals surface area contributed by atoms with E-state index in [0.717, 1.165) is 15.1 Å². The van der Waals surface area contributed by atoms with E-state index in [4.69, 9.17) is 18.9 Å². The molecule has 16 heteroatoms. The standard InChI is InChI=1S/C36H39N3O10S3/c1-23-7-11-28(12-8-23)51(42,43)18-17-49-34(40)16-9-26-19-29(13-15-33(26)47-5)52(44,45)39-32-14-10-27(46-4)20-30(32)38-36(39)50(41)22-31-25(3)35(48-6)24(2)21-37-31/h7-8,10-15,19-21H,9,16-18,22H2,1-6H3. The van der Waals surface area contributed by atoms with Crippen molar-refractivity contribution in [2.45, 2.75) is 54.3 Å². The minimum Gasteiger partial charge on any atom is -0.497 e. The van der Waals surface area contributed by atoms with Gasteiger partial charge >= 0.3 is 5.97 Å². The van der Waals surface area contributed by atoms with Gasteiger partial charge in [-0.15, -0.1) is 0 Å². The maximum Gasteiger partial charge on any atom is 0.306 e. The smallest absolute Gasteiger partial charge is 0.306 e. The summed E-state index contributed by atoms with van der Waals surface area (Å²) in [6.07, 6.45) is 1.45. The number of nitrogens with zero attached hydrogens (tertiary/aromatic N) is 3. The van der Waals surface area contributed by atoms with E-state index in [0.29, 0.717) is 34.1 Å². The SMILES string of the molecule is COc1ccc2c(c1)nc(S(=O)Cc1ncc(C)c(OC)c1C)n2S(=O)(=O)c1ccc(OC)c(CCC(=O)OCCS(=O)(=O)c2ccc(C)cc2)c1. The maximum atomic E-state index is 14.4. The highest BCUT2D eigenvalue weighted by atomic mass is 32.2. The Balaban J connectivity index is 1.41. The molecule has 3 aromatic carbocycles. The number of ether oxygens (including phenoxy) is 4. The number of hydrogen-bond acceptors (Lipinski definition) is 12. The topological polar surface area (TPSA) is 170 Å². The number of carbonyl (C=O) groups is 1. The summed E-state index contributed by atoms with van der Waals surface area (Å²) < 4.78 is 90.6. The zero-order valence-corrected chi connectivity index (χ0v) is 32.0. The molecule has 5 aromatic rings. The van der Waals surface area contributed by atoms with Crippen LogP contribution in [0.4, 0.5) is 0 Å². The number of pyridine rings is 1. The predicted octanol–water partition coefficient (Wildman–Crippen LogP) is 4.88. The summed E-state index contributed by atoms with van der Waals surface area (Å²) in [6.45, 7) is 5.13. The lowest BCUT2D eigenvalue weighted by molar-refractivity contribution is -0.142. The number of aromatic nitrogens is 3. The van der Waals surface area contributed by atoms with Crippen LogP contribution in [-0.2, 0) is 52.4 Å². The highest BCUT2D eigenvalue weighted by Gasteiger charge is 2.29. The molecule has 13 nitrogen and oxygen atoms in total. The van der Waals surface area contributed by atoms with E-state index in [1.165, 1.54) is 57.7 Å². The minimum atomic E-state index is -4.45. The van der Waals surface area contributed by atoms with Crippen molar-refractivity contribution in [2.24, 2.45) is 0 Å². The van der Waals surface area contributed by atoms with Gasteiger partial charge in [0.15, 0.2) is 9.84 Å². The average molecular weight is 770 g/mol. The van der Waals surface area contributed by atoms with Gasteiger partial charge in [0.2, 0.25) is 5.16 Å². The number of imidazole rings is 1. The summed E-state index contributed by atoms with van der Waals surface area (Å²) in [5.74, 6) is 0.154. The van der Waals surface area contributed by atoms with E-state index in [9.17, 15) is 25.8 Å². The molecule has 0 aliphatic heterocycles. The lowest BCUT2D eigenvalue weighted by Crippen LogP contribution is -2.18. The molecule has 0 aliphatic carbocycles. The van der Waals surface area contributed by atoms with Gasteiger partial charge in [0.05, 0.1) is 70.2 Å². The van der Waals surface area contributed by atoms with E-state index in [1.54, 1.807) is 37.4 Å². The first-order valence-electron chi connectivity index (χ1n) is 16.0. The van der Waals surface area contributed by atoms with Gasteiger partial charge in [0.25, 0.3) is 10.0 Å². The van der Waals surface area contributed by atoms with Crippen molar-refractivity contribution in [2.75, 3.05) is 33.7 Å². The number of esters is 1. The molecule has 1 atom stereocenters. The Morgan fingerprint density at radius 1 is 0.865 bits per heavy atom. The second-order valence-electron chi connectivity index (χ2n) is 11.9.